The molecule has 0 aromatic heterocycles. The highest BCUT2D eigenvalue weighted by atomic mass is 16.6. The van der Waals surface area contributed by atoms with E-state index in [1.807, 2.05) is 49.4 Å². The van der Waals surface area contributed by atoms with E-state index < -0.39 is 36.8 Å². The fourth-order valence-electron chi connectivity index (χ4n) is 3.42. The Labute approximate surface area is 169 Å². The fourth-order valence-corrected chi connectivity index (χ4v) is 3.42. The SMILES string of the molecule is CO/N=C(\C)c1ccc(Cc2cccc([C@@H]3OC(CO)[C@@H](O)C(=O)[C@H]3O)c2)cc1. The van der Waals surface area contributed by atoms with Crippen molar-refractivity contribution in [1.82, 2.24) is 0 Å². The highest BCUT2D eigenvalue weighted by molar-refractivity contribution is 5.98. The Morgan fingerprint density at radius 2 is 1.83 bits per heavy atom. The summed E-state index contributed by atoms with van der Waals surface area (Å²) in [6.07, 6.45) is -4.34. The Hall–Kier alpha value is -2.58. The van der Waals surface area contributed by atoms with Crippen molar-refractivity contribution >= 4 is 11.5 Å². The molecule has 2 aromatic carbocycles. The largest absolute Gasteiger partial charge is 0.399 e. The van der Waals surface area contributed by atoms with E-state index in [4.69, 9.17) is 9.57 Å². The molecule has 0 spiro atoms. The molecule has 0 bridgehead atoms. The van der Waals surface area contributed by atoms with Gasteiger partial charge in [-0.3, -0.25) is 4.79 Å². The van der Waals surface area contributed by atoms with E-state index in [1.54, 1.807) is 6.07 Å². The van der Waals surface area contributed by atoms with Gasteiger partial charge in [0.05, 0.1) is 12.3 Å². The maximum absolute atomic E-state index is 12.1. The van der Waals surface area contributed by atoms with Gasteiger partial charge >= 0.3 is 0 Å². The van der Waals surface area contributed by atoms with Gasteiger partial charge in [0.2, 0.25) is 0 Å². The molecule has 1 heterocycles. The van der Waals surface area contributed by atoms with E-state index >= 15 is 0 Å². The van der Waals surface area contributed by atoms with Gasteiger partial charge in [0.15, 0.2) is 5.78 Å². The third-order valence-corrected chi connectivity index (χ3v) is 5.01. The number of ketones is 1. The number of ether oxygens (including phenoxy) is 1. The molecule has 154 valence electrons. The molecule has 0 radical (unpaired) electrons. The van der Waals surface area contributed by atoms with Crippen LogP contribution in [0.5, 0.6) is 0 Å². The molecule has 3 N–H and O–H groups in total. The lowest BCUT2D eigenvalue weighted by atomic mass is 9.91. The first-order valence-corrected chi connectivity index (χ1v) is 9.36. The van der Waals surface area contributed by atoms with E-state index in [0.717, 1.165) is 22.4 Å². The summed E-state index contributed by atoms with van der Waals surface area (Å²) in [7, 11) is 1.51. The maximum atomic E-state index is 12.1. The van der Waals surface area contributed by atoms with Crippen LogP contribution >= 0.6 is 0 Å². The number of Topliss-reactive ketones (excluding diaryl/α,β-unsaturated/α-hetero) is 1. The summed E-state index contributed by atoms with van der Waals surface area (Å²) >= 11 is 0. The van der Waals surface area contributed by atoms with E-state index in [0.29, 0.717) is 12.0 Å². The van der Waals surface area contributed by atoms with Crippen LogP contribution in [0.3, 0.4) is 0 Å². The van der Waals surface area contributed by atoms with Crippen LogP contribution in [-0.2, 0) is 20.8 Å². The zero-order valence-corrected chi connectivity index (χ0v) is 16.4. The van der Waals surface area contributed by atoms with Crippen LogP contribution in [0.1, 0.15) is 35.3 Å². The summed E-state index contributed by atoms with van der Waals surface area (Å²) < 4.78 is 5.59. The number of oxime groups is 1. The molecule has 1 aliphatic rings. The molecule has 3 rings (SSSR count). The van der Waals surface area contributed by atoms with Crippen molar-refractivity contribution in [2.45, 2.75) is 37.8 Å². The highest BCUT2D eigenvalue weighted by Crippen LogP contribution is 2.31. The van der Waals surface area contributed by atoms with Crippen molar-refractivity contribution in [1.29, 1.82) is 0 Å². The summed E-state index contributed by atoms with van der Waals surface area (Å²) in [6.45, 7) is 1.36. The fraction of sp³-hybridized carbons (Fsp3) is 0.364. The van der Waals surface area contributed by atoms with E-state index in [2.05, 4.69) is 5.16 Å². The second-order valence-electron chi connectivity index (χ2n) is 7.05. The summed E-state index contributed by atoms with van der Waals surface area (Å²) in [6, 6.07) is 15.3. The number of hydrogen-bond acceptors (Lipinski definition) is 7. The van der Waals surface area contributed by atoms with Crippen LogP contribution in [-0.4, -0.2) is 58.8 Å². The number of aliphatic hydroxyl groups excluding tert-OH is 3. The van der Waals surface area contributed by atoms with Gasteiger partial charge in [-0.1, -0.05) is 53.7 Å². The number of carbonyl (C=O) groups is 1. The standard InChI is InChI=1S/C22H25NO6/c1-13(23-28-2)16-8-6-14(7-9-16)10-15-4-3-5-17(11-15)22-21(27)20(26)19(25)18(12-24)29-22/h3-9,11,18-19,21-22,24-25,27H,10,12H2,1-2H3/b23-13+/t18?,19-,21-,22+/m1/s1. The maximum Gasteiger partial charge on any atom is 0.195 e. The Bertz CT molecular complexity index is 879. The van der Waals surface area contributed by atoms with E-state index in [-0.39, 0.29) is 0 Å². The second kappa shape index (κ2) is 9.28. The number of benzene rings is 2. The van der Waals surface area contributed by atoms with Crippen molar-refractivity contribution < 1.29 is 29.7 Å². The van der Waals surface area contributed by atoms with Gasteiger partial charge in [-0.15, -0.1) is 0 Å². The van der Waals surface area contributed by atoms with Crippen LogP contribution in [0.4, 0.5) is 0 Å². The van der Waals surface area contributed by atoms with Crippen LogP contribution in [0.15, 0.2) is 53.7 Å². The minimum absolute atomic E-state index is 0.506. The van der Waals surface area contributed by atoms with Crippen molar-refractivity contribution in [2.75, 3.05) is 13.7 Å². The van der Waals surface area contributed by atoms with Gasteiger partial charge in [-0.25, -0.2) is 0 Å². The Kier molecular flexibility index (Phi) is 6.76. The number of aliphatic hydroxyl groups is 3. The van der Waals surface area contributed by atoms with Gasteiger partial charge in [-0.2, -0.15) is 0 Å². The van der Waals surface area contributed by atoms with Crippen molar-refractivity contribution in [3.8, 4) is 0 Å². The molecule has 0 aliphatic carbocycles. The second-order valence-corrected chi connectivity index (χ2v) is 7.05. The Morgan fingerprint density at radius 1 is 1.10 bits per heavy atom. The lowest BCUT2D eigenvalue weighted by molar-refractivity contribution is -0.189. The quantitative estimate of drug-likeness (QED) is 0.500. The molecule has 1 saturated heterocycles. The topological polar surface area (TPSA) is 109 Å². The average Bonchev–Trinajstić information content (AvgIpc) is 2.73. The van der Waals surface area contributed by atoms with Crippen LogP contribution in [0.2, 0.25) is 0 Å². The van der Waals surface area contributed by atoms with E-state index in [9.17, 15) is 20.1 Å². The third-order valence-electron chi connectivity index (χ3n) is 5.01. The number of nitrogens with zero attached hydrogens (tertiary/aromatic N) is 1. The van der Waals surface area contributed by atoms with Crippen molar-refractivity contribution in [3.63, 3.8) is 0 Å². The molecular formula is C22H25NO6. The molecule has 0 saturated carbocycles. The molecule has 4 atom stereocenters. The first-order valence-electron chi connectivity index (χ1n) is 9.36. The predicted molar refractivity (Wildman–Crippen MR) is 107 cm³/mol. The molecule has 0 amide bonds. The highest BCUT2D eigenvalue weighted by Gasteiger charge is 2.43. The molecular weight excluding hydrogens is 374 g/mol. The van der Waals surface area contributed by atoms with Gasteiger partial charge < -0.3 is 24.9 Å². The molecule has 2 aromatic rings. The molecule has 1 unspecified atom stereocenters. The average molecular weight is 399 g/mol. The first-order chi connectivity index (χ1) is 13.9. The Morgan fingerprint density at radius 3 is 2.48 bits per heavy atom. The summed E-state index contributed by atoms with van der Waals surface area (Å²) in [5, 5.41) is 33.3. The molecule has 1 aliphatic heterocycles. The monoisotopic (exact) mass is 399 g/mol. The van der Waals surface area contributed by atoms with Gasteiger partial charge in [0.25, 0.3) is 0 Å². The molecule has 29 heavy (non-hydrogen) atoms. The first kappa shape index (κ1) is 21.1. The van der Waals surface area contributed by atoms with Crippen molar-refractivity contribution in [3.05, 3.63) is 70.8 Å². The smallest absolute Gasteiger partial charge is 0.195 e. The molecule has 1 fully saturated rings. The number of carbonyl (C=O) groups excluding carboxylic acids is 1. The van der Waals surface area contributed by atoms with E-state index in [1.165, 1.54) is 7.11 Å². The zero-order valence-electron chi connectivity index (χ0n) is 16.4. The summed E-state index contributed by atoms with van der Waals surface area (Å²) in [4.78, 5) is 16.9. The van der Waals surface area contributed by atoms with Crippen LogP contribution in [0, 0.1) is 0 Å². The minimum Gasteiger partial charge on any atom is -0.399 e. The predicted octanol–water partition coefficient (Wildman–Crippen LogP) is 1.37. The summed E-state index contributed by atoms with van der Waals surface area (Å²) in [5.41, 5.74) is 4.44. The number of rotatable bonds is 6. The normalized spacial score (nSPS) is 25.1. The van der Waals surface area contributed by atoms with Crippen molar-refractivity contribution in [2.24, 2.45) is 5.16 Å². The van der Waals surface area contributed by atoms with Crippen LogP contribution < -0.4 is 0 Å². The van der Waals surface area contributed by atoms with Gasteiger partial charge in [0, 0.05) is 0 Å². The van der Waals surface area contributed by atoms with Crippen LogP contribution in [0.25, 0.3) is 0 Å². The lowest BCUT2D eigenvalue weighted by Gasteiger charge is -2.35. The number of hydrogen-bond donors (Lipinski definition) is 3. The third kappa shape index (κ3) is 4.71. The molecule has 7 nitrogen and oxygen atoms in total. The van der Waals surface area contributed by atoms with Gasteiger partial charge in [0.1, 0.15) is 31.5 Å². The zero-order chi connectivity index (χ0) is 21.0. The minimum atomic E-state index is -1.53. The lowest BCUT2D eigenvalue weighted by Crippen LogP contribution is -2.52. The Balaban J connectivity index is 1.77. The van der Waals surface area contributed by atoms with Gasteiger partial charge in [-0.05, 0) is 35.6 Å². The summed E-state index contributed by atoms with van der Waals surface area (Å²) in [5.74, 6) is -0.741. The molecule has 7 heteroatoms.